The van der Waals surface area contributed by atoms with Gasteiger partial charge in [0, 0.05) is 6.20 Å². The molecule has 138 valence electrons. The number of carbonyl (C=O) groups excluding carboxylic acids is 1. The second-order valence-corrected chi connectivity index (χ2v) is 5.97. The lowest BCUT2D eigenvalue weighted by molar-refractivity contribution is 0.0863. The second kappa shape index (κ2) is 8.23. The molecule has 0 saturated heterocycles. The van der Waals surface area contributed by atoms with Crippen molar-refractivity contribution in [1.82, 2.24) is 4.73 Å². The summed E-state index contributed by atoms with van der Waals surface area (Å²) in [5.41, 5.74) is 1.83. The van der Waals surface area contributed by atoms with Gasteiger partial charge in [0.15, 0.2) is 0 Å². The monoisotopic (exact) mass is 364 g/mol. The molecule has 1 heterocycles. The second-order valence-electron chi connectivity index (χ2n) is 5.97. The Kier molecular flexibility index (Phi) is 5.56. The van der Waals surface area contributed by atoms with Crippen molar-refractivity contribution in [2.75, 3.05) is 12.4 Å². The zero-order chi connectivity index (χ0) is 19.2. The molecule has 0 aliphatic carbocycles. The third-order valence-corrected chi connectivity index (χ3v) is 3.98. The number of ether oxygens (including phenoxy) is 1. The highest BCUT2D eigenvalue weighted by molar-refractivity contribution is 6.04. The molecule has 0 bridgehead atoms. The average Bonchev–Trinajstić information content (AvgIpc) is 2.68. The summed E-state index contributed by atoms with van der Waals surface area (Å²) in [7, 11) is 1.52. The Balaban J connectivity index is 1.80. The van der Waals surface area contributed by atoms with Gasteiger partial charge in [-0.2, -0.15) is 4.73 Å². The van der Waals surface area contributed by atoms with E-state index in [4.69, 9.17) is 9.57 Å². The molecule has 0 aliphatic rings. The quantitative estimate of drug-likeness (QED) is 0.730. The zero-order valence-corrected chi connectivity index (χ0v) is 15.1. The van der Waals surface area contributed by atoms with E-state index in [1.165, 1.54) is 19.4 Å². The maximum absolute atomic E-state index is 12.6. The molecule has 0 saturated carbocycles. The van der Waals surface area contributed by atoms with Crippen LogP contribution in [0.1, 0.15) is 21.5 Å². The lowest BCUT2D eigenvalue weighted by Crippen LogP contribution is -2.32. The largest absolute Gasteiger partial charge is 0.495 e. The molecule has 1 N–H and O–H groups in total. The van der Waals surface area contributed by atoms with Crippen LogP contribution in [0.4, 0.5) is 5.69 Å². The molecule has 6 heteroatoms. The van der Waals surface area contributed by atoms with Crippen LogP contribution in [0.5, 0.6) is 5.75 Å². The van der Waals surface area contributed by atoms with E-state index in [-0.39, 0.29) is 12.2 Å². The molecule has 6 nitrogen and oxygen atoms in total. The number of methoxy groups -OCH3 is 1. The summed E-state index contributed by atoms with van der Waals surface area (Å²) in [6.07, 6.45) is 1.48. The lowest BCUT2D eigenvalue weighted by atomic mass is 10.2. The number of anilines is 1. The molecule has 2 aromatic carbocycles. The van der Waals surface area contributed by atoms with E-state index in [0.29, 0.717) is 11.4 Å². The molecule has 1 aromatic heterocycles. The topological polar surface area (TPSA) is 69.6 Å². The van der Waals surface area contributed by atoms with Gasteiger partial charge in [0.05, 0.1) is 12.8 Å². The van der Waals surface area contributed by atoms with Crippen LogP contribution >= 0.6 is 0 Å². The number of rotatable bonds is 6. The molecule has 0 radical (unpaired) electrons. The van der Waals surface area contributed by atoms with Gasteiger partial charge in [-0.25, -0.2) is 0 Å². The number of carbonyl (C=O) groups is 1. The number of aromatic nitrogens is 1. The molecule has 1 amide bonds. The molecule has 0 fully saturated rings. The number of nitrogens with one attached hydrogen (secondary N) is 1. The third kappa shape index (κ3) is 4.36. The molecule has 3 aromatic rings. The van der Waals surface area contributed by atoms with E-state index in [0.717, 1.165) is 15.9 Å². The number of hydrogen-bond donors (Lipinski definition) is 1. The summed E-state index contributed by atoms with van der Waals surface area (Å²) >= 11 is 0. The van der Waals surface area contributed by atoms with Gasteiger partial charge in [0.1, 0.15) is 17.9 Å². The number of aryl methyl sites for hydroxylation is 1. The molecule has 0 spiro atoms. The fraction of sp³-hybridized carbons (Fsp3) is 0.143. The summed E-state index contributed by atoms with van der Waals surface area (Å²) < 4.78 is 6.32. The first-order valence-electron chi connectivity index (χ1n) is 8.43. The van der Waals surface area contributed by atoms with Crippen LogP contribution in [-0.4, -0.2) is 17.7 Å². The van der Waals surface area contributed by atoms with Crippen LogP contribution in [0.25, 0.3) is 0 Å². The minimum absolute atomic E-state index is 0.0193. The summed E-state index contributed by atoms with van der Waals surface area (Å²) in [5.74, 6) is -0.00732. The van der Waals surface area contributed by atoms with E-state index in [1.54, 1.807) is 18.2 Å². The predicted molar refractivity (Wildman–Crippen MR) is 103 cm³/mol. The van der Waals surface area contributed by atoms with Gasteiger partial charge in [0.2, 0.25) is 0 Å². The van der Waals surface area contributed by atoms with Gasteiger partial charge in [0.25, 0.3) is 11.5 Å². The first-order chi connectivity index (χ1) is 13.1. The number of pyridine rings is 1. The smallest absolute Gasteiger partial charge is 0.295 e. The Hall–Kier alpha value is -3.54. The van der Waals surface area contributed by atoms with Crippen LogP contribution in [0.3, 0.4) is 0 Å². The standard InChI is InChI=1S/C21H20N2O4/c1-15-10-11-19(26-2)18(13-15)22-20(24)17-9-6-12-23(21(17)25)27-14-16-7-4-3-5-8-16/h3-13H,14H2,1-2H3,(H,22,24). The van der Waals surface area contributed by atoms with Gasteiger partial charge in [-0.15, -0.1) is 0 Å². The number of benzene rings is 2. The van der Waals surface area contributed by atoms with Crippen LogP contribution < -0.4 is 20.5 Å². The molecule has 27 heavy (non-hydrogen) atoms. The summed E-state index contributed by atoms with van der Waals surface area (Å²) in [5, 5.41) is 2.73. The third-order valence-electron chi connectivity index (χ3n) is 3.98. The van der Waals surface area contributed by atoms with Crippen molar-refractivity contribution in [1.29, 1.82) is 0 Å². The van der Waals surface area contributed by atoms with Gasteiger partial charge >= 0.3 is 0 Å². The SMILES string of the molecule is COc1ccc(C)cc1NC(=O)c1cccn(OCc2ccccc2)c1=O. The van der Waals surface area contributed by atoms with Crippen LogP contribution in [-0.2, 0) is 6.61 Å². The minimum Gasteiger partial charge on any atom is -0.495 e. The van der Waals surface area contributed by atoms with Crippen LogP contribution in [0.15, 0.2) is 71.7 Å². The maximum atomic E-state index is 12.6. The van der Waals surface area contributed by atoms with E-state index >= 15 is 0 Å². The summed E-state index contributed by atoms with van der Waals surface area (Å²) in [6, 6.07) is 17.9. The highest BCUT2D eigenvalue weighted by Crippen LogP contribution is 2.25. The van der Waals surface area contributed by atoms with Gasteiger partial charge in [-0.1, -0.05) is 36.4 Å². The normalized spacial score (nSPS) is 10.3. The number of hydrogen-bond acceptors (Lipinski definition) is 4. The predicted octanol–water partition coefficient (Wildman–Crippen LogP) is 3.05. The zero-order valence-electron chi connectivity index (χ0n) is 15.1. The maximum Gasteiger partial charge on any atom is 0.295 e. The van der Waals surface area contributed by atoms with Crippen LogP contribution in [0, 0.1) is 6.92 Å². The Morgan fingerprint density at radius 1 is 1.07 bits per heavy atom. The Morgan fingerprint density at radius 2 is 1.85 bits per heavy atom. The van der Waals surface area contributed by atoms with Crippen molar-refractivity contribution >= 4 is 11.6 Å². The first kappa shape index (κ1) is 18.3. The lowest BCUT2D eigenvalue weighted by Gasteiger charge is -2.12. The molecule has 0 aliphatic heterocycles. The van der Waals surface area contributed by atoms with Crippen molar-refractivity contribution in [3.63, 3.8) is 0 Å². The Labute approximate surface area is 156 Å². The van der Waals surface area contributed by atoms with E-state index in [9.17, 15) is 9.59 Å². The van der Waals surface area contributed by atoms with Crippen molar-refractivity contribution < 1.29 is 14.4 Å². The van der Waals surface area contributed by atoms with Gasteiger partial charge in [-0.3, -0.25) is 9.59 Å². The van der Waals surface area contributed by atoms with Crippen molar-refractivity contribution in [2.45, 2.75) is 13.5 Å². The molecule has 0 atom stereocenters. The van der Waals surface area contributed by atoms with Gasteiger partial charge < -0.3 is 14.9 Å². The average molecular weight is 364 g/mol. The minimum atomic E-state index is -0.530. The first-order valence-corrected chi connectivity index (χ1v) is 8.43. The van der Waals surface area contributed by atoms with E-state index in [2.05, 4.69) is 5.32 Å². The van der Waals surface area contributed by atoms with Crippen molar-refractivity contribution in [2.24, 2.45) is 0 Å². The molecular formula is C21H20N2O4. The summed E-state index contributed by atoms with van der Waals surface area (Å²) in [4.78, 5) is 30.7. The Bertz CT molecular complexity index is 997. The fourth-order valence-corrected chi connectivity index (χ4v) is 2.58. The molecule has 0 unspecified atom stereocenters. The number of amides is 1. The highest BCUT2D eigenvalue weighted by atomic mass is 16.7. The van der Waals surface area contributed by atoms with Crippen LogP contribution in [0.2, 0.25) is 0 Å². The summed E-state index contributed by atoms with van der Waals surface area (Å²) in [6.45, 7) is 2.12. The highest BCUT2D eigenvalue weighted by Gasteiger charge is 2.15. The van der Waals surface area contributed by atoms with Gasteiger partial charge in [-0.05, 0) is 42.3 Å². The number of nitrogens with zero attached hydrogens (tertiary/aromatic N) is 1. The molecular weight excluding hydrogens is 344 g/mol. The van der Waals surface area contributed by atoms with Crippen molar-refractivity contribution in [3.05, 3.63) is 93.9 Å². The molecule has 3 rings (SSSR count). The Morgan fingerprint density at radius 3 is 2.59 bits per heavy atom. The fourth-order valence-electron chi connectivity index (χ4n) is 2.58. The van der Waals surface area contributed by atoms with E-state index < -0.39 is 11.5 Å². The van der Waals surface area contributed by atoms with E-state index in [1.807, 2.05) is 43.3 Å². The van der Waals surface area contributed by atoms with Crippen molar-refractivity contribution in [3.8, 4) is 5.75 Å².